The topological polar surface area (TPSA) is 32.3 Å². The Morgan fingerprint density at radius 1 is 1.21 bits per heavy atom. The molecule has 3 unspecified atom stereocenters. The van der Waals surface area contributed by atoms with E-state index < -0.39 is 0 Å². The van der Waals surface area contributed by atoms with Gasteiger partial charge in [0.15, 0.2) is 0 Å². The number of halogens is 1. The smallest absolute Gasteiger partial charge is 0.126 e. The highest BCUT2D eigenvalue weighted by atomic mass is 19.1. The molecule has 104 valence electrons. The molecule has 1 saturated carbocycles. The second kappa shape index (κ2) is 5.59. The molecule has 0 radical (unpaired) electrons. The van der Waals surface area contributed by atoms with Gasteiger partial charge in [0.25, 0.3) is 0 Å². The molecule has 2 aliphatic carbocycles. The van der Waals surface area contributed by atoms with E-state index in [1.165, 1.54) is 6.42 Å². The van der Waals surface area contributed by atoms with Crippen molar-refractivity contribution >= 4 is 0 Å². The molecule has 19 heavy (non-hydrogen) atoms. The van der Waals surface area contributed by atoms with Crippen LogP contribution in [0.15, 0.2) is 18.2 Å². The summed E-state index contributed by atoms with van der Waals surface area (Å²) in [5, 5.41) is 13.5. The van der Waals surface area contributed by atoms with Gasteiger partial charge in [0.05, 0.1) is 6.10 Å². The van der Waals surface area contributed by atoms with Gasteiger partial charge in [0, 0.05) is 12.6 Å². The molecule has 0 saturated heterocycles. The van der Waals surface area contributed by atoms with Crippen molar-refractivity contribution < 1.29 is 9.50 Å². The molecule has 0 heterocycles. The van der Waals surface area contributed by atoms with E-state index in [-0.39, 0.29) is 18.0 Å². The van der Waals surface area contributed by atoms with E-state index in [9.17, 15) is 9.50 Å². The van der Waals surface area contributed by atoms with E-state index in [4.69, 9.17) is 0 Å². The molecule has 3 atom stereocenters. The van der Waals surface area contributed by atoms with Gasteiger partial charge in [0.2, 0.25) is 0 Å². The van der Waals surface area contributed by atoms with Gasteiger partial charge in [-0.25, -0.2) is 4.39 Å². The fourth-order valence-electron chi connectivity index (χ4n) is 3.54. The van der Waals surface area contributed by atoms with Crippen LogP contribution in [0, 0.1) is 11.7 Å². The summed E-state index contributed by atoms with van der Waals surface area (Å²) in [6.45, 7) is 0.849. The Bertz CT molecular complexity index is 448. The number of hydrogen-bond acceptors (Lipinski definition) is 2. The first-order valence-corrected chi connectivity index (χ1v) is 7.44. The molecule has 1 aromatic carbocycles. The van der Waals surface area contributed by atoms with Crippen molar-refractivity contribution in [1.82, 2.24) is 5.32 Å². The standard InChI is InChI=1S/C16H22FNO/c17-14-6-3-5-13-12(14)8-9-15(13)18-10-11-4-1-2-7-16(11)19/h3,5-6,11,15-16,18-19H,1-2,4,7-10H2. The van der Waals surface area contributed by atoms with Crippen molar-refractivity contribution in [3.8, 4) is 0 Å². The molecule has 2 nitrogen and oxygen atoms in total. The normalized spacial score (nSPS) is 30.3. The number of aliphatic hydroxyl groups excluding tert-OH is 1. The second-order valence-corrected chi connectivity index (χ2v) is 5.92. The SMILES string of the molecule is OC1CCCCC1CNC1CCc2c(F)cccc21. The maximum atomic E-state index is 13.7. The monoisotopic (exact) mass is 263 g/mol. The zero-order valence-corrected chi connectivity index (χ0v) is 11.2. The molecule has 2 N–H and O–H groups in total. The van der Waals surface area contributed by atoms with Crippen LogP contribution in [0.3, 0.4) is 0 Å². The Balaban J connectivity index is 1.62. The van der Waals surface area contributed by atoms with E-state index in [0.29, 0.717) is 5.92 Å². The van der Waals surface area contributed by atoms with Crippen LogP contribution in [-0.4, -0.2) is 17.8 Å². The summed E-state index contributed by atoms with van der Waals surface area (Å²) in [5.74, 6) is 0.297. The van der Waals surface area contributed by atoms with Crippen molar-refractivity contribution in [1.29, 1.82) is 0 Å². The van der Waals surface area contributed by atoms with Crippen molar-refractivity contribution in [3.05, 3.63) is 35.1 Å². The molecule has 0 amide bonds. The van der Waals surface area contributed by atoms with Crippen LogP contribution in [0.4, 0.5) is 4.39 Å². The minimum Gasteiger partial charge on any atom is -0.393 e. The average molecular weight is 263 g/mol. The first-order chi connectivity index (χ1) is 9.25. The minimum atomic E-state index is -0.158. The average Bonchev–Trinajstić information content (AvgIpc) is 2.83. The Morgan fingerprint density at radius 3 is 2.89 bits per heavy atom. The molecule has 0 aliphatic heterocycles. The third-order valence-electron chi connectivity index (χ3n) is 4.71. The van der Waals surface area contributed by atoms with Gasteiger partial charge >= 0.3 is 0 Å². The summed E-state index contributed by atoms with van der Waals surface area (Å²) in [4.78, 5) is 0. The zero-order chi connectivity index (χ0) is 13.2. The number of aliphatic hydroxyl groups is 1. The first-order valence-electron chi connectivity index (χ1n) is 7.44. The molecular formula is C16H22FNO. The van der Waals surface area contributed by atoms with Crippen LogP contribution in [0.25, 0.3) is 0 Å². The minimum absolute atomic E-state index is 0.0699. The highest BCUT2D eigenvalue weighted by molar-refractivity contribution is 5.35. The van der Waals surface area contributed by atoms with Crippen LogP contribution < -0.4 is 5.32 Å². The molecule has 3 rings (SSSR count). The summed E-state index contributed by atoms with van der Waals surface area (Å²) < 4.78 is 13.7. The van der Waals surface area contributed by atoms with Gasteiger partial charge in [-0.3, -0.25) is 0 Å². The Kier molecular flexibility index (Phi) is 3.85. The summed E-state index contributed by atoms with van der Waals surface area (Å²) in [5.41, 5.74) is 1.99. The largest absolute Gasteiger partial charge is 0.393 e. The second-order valence-electron chi connectivity index (χ2n) is 5.92. The molecule has 1 aromatic rings. The van der Waals surface area contributed by atoms with E-state index in [1.807, 2.05) is 6.07 Å². The van der Waals surface area contributed by atoms with Crippen molar-refractivity contribution in [3.63, 3.8) is 0 Å². The number of benzene rings is 1. The highest BCUT2D eigenvalue weighted by Gasteiger charge is 2.27. The summed E-state index contributed by atoms with van der Waals surface area (Å²) in [6.07, 6.45) is 6.05. The maximum Gasteiger partial charge on any atom is 0.126 e. The third kappa shape index (κ3) is 2.67. The van der Waals surface area contributed by atoms with Crippen LogP contribution in [0.1, 0.15) is 49.3 Å². The Hall–Kier alpha value is -0.930. The molecular weight excluding hydrogens is 241 g/mol. The lowest BCUT2D eigenvalue weighted by Crippen LogP contribution is -2.35. The summed E-state index contributed by atoms with van der Waals surface area (Å²) >= 11 is 0. The third-order valence-corrected chi connectivity index (χ3v) is 4.71. The highest BCUT2D eigenvalue weighted by Crippen LogP contribution is 2.33. The molecule has 1 fully saturated rings. The van der Waals surface area contributed by atoms with Crippen LogP contribution >= 0.6 is 0 Å². The lowest BCUT2D eigenvalue weighted by atomic mass is 9.86. The lowest BCUT2D eigenvalue weighted by molar-refractivity contribution is 0.0681. The van der Waals surface area contributed by atoms with Gasteiger partial charge in [-0.2, -0.15) is 0 Å². The summed E-state index contributed by atoms with van der Waals surface area (Å²) in [7, 11) is 0. The first kappa shape index (κ1) is 13.1. The molecule has 0 spiro atoms. The predicted octanol–water partition coefficient (Wildman–Crippen LogP) is 2.95. The molecule has 0 bridgehead atoms. The van der Waals surface area contributed by atoms with Gasteiger partial charge in [-0.05, 0) is 48.8 Å². The molecule has 0 aromatic heterocycles. The van der Waals surface area contributed by atoms with Crippen molar-refractivity contribution in [2.75, 3.05) is 6.54 Å². The van der Waals surface area contributed by atoms with Crippen LogP contribution in [0.5, 0.6) is 0 Å². The van der Waals surface area contributed by atoms with Crippen LogP contribution in [0.2, 0.25) is 0 Å². The zero-order valence-electron chi connectivity index (χ0n) is 11.2. The van der Waals surface area contributed by atoms with Gasteiger partial charge < -0.3 is 10.4 Å². The van der Waals surface area contributed by atoms with Gasteiger partial charge in [-0.15, -0.1) is 0 Å². The van der Waals surface area contributed by atoms with E-state index in [1.54, 1.807) is 12.1 Å². The lowest BCUT2D eigenvalue weighted by Gasteiger charge is -2.29. The fourth-order valence-corrected chi connectivity index (χ4v) is 3.54. The number of hydrogen-bond donors (Lipinski definition) is 2. The fraction of sp³-hybridized carbons (Fsp3) is 0.625. The maximum absolute atomic E-state index is 13.7. The quantitative estimate of drug-likeness (QED) is 0.878. The molecule has 2 aliphatic rings. The Morgan fingerprint density at radius 2 is 2.05 bits per heavy atom. The van der Waals surface area contributed by atoms with Crippen molar-refractivity contribution in [2.45, 2.75) is 50.7 Å². The number of fused-ring (bicyclic) bond motifs is 1. The van der Waals surface area contributed by atoms with E-state index in [0.717, 1.165) is 49.8 Å². The van der Waals surface area contributed by atoms with Crippen molar-refractivity contribution in [2.24, 2.45) is 5.92 Å². The van der Waals surface area contributed by atoms with Gasteiger partial charge in [-0.1, -0.05) is 25.0 Å². The number of nitrogens with one attached hydrogen (secondary N) is 1. The van der Waals surface area contributed by atoms with E-state index in [2.05, 4.69) is 5.32 Å². The Labute approximate surface area is 114 Å². The van der Waals surface area contributed by atoms with Crippen LogP contribution in [-0.2, 0) is 6.42 Å². The molecule has 3 heteroatoms. The predicted molar refractivity (Wildman–Crippen MR) is 73.4 cm³/mol. The summed E-state index contributed by atoms with van der Waals surface area (Å²) in [6, 6.07) is 5.63. The van der Waals surface area contributed by atoms with Gasteiger partial charge in [0.1, 0.15) is 5.82 Å². The number of rotatable bonds is 3. The van der Waals surface area contributed by atoms with E-state index >= 15 is 0 Å².